The molecule has 0 aliphatic carbocycles. The Hall–Kier alpha value is -1.78. The summed E-state index contributed by atoms with van der Waals surface area (Å²) in [6.07, 6.45) is 0. The van der Waals surface area contributed by atoms with Crippen LogP contribution in [0.5, 0.6) is 0 Å². The van der Waals surface area contributed by atoms with Crippen LogP contribution in [0, 0.1) is 10.1 Å². The molecule has 5 nitrogen and oxygen atoms in total. The first-order valence-corrected chi connectivity index (χ1v) is 3.31. The minimum Gasteiger partial charge on any atom is -0.398 e. The smallest absolute Gasteiger partial charge is 0.294 e. The van der Waals surface area contributed by atoms with Crippen LogP contribution in [0.15, 0.2) is 24.3 Å². The lowest BCUT2D eigenvalue weighted by Gasteiger charge is -2.02. The summed E-state index contributed by atoms with van der Waals surface area (Å²) in [5.74, 6) is 0. The lowest BCUT2D eigenvalue weighted by molar-refractivity contribution is -0.762. The van der Waals surface area contributed by atoms with E-state index in [1.165, 1.54) is 0 Å². The van der Waals surface area contributed by atoms with Crippen molar-refractivity contribution in [3.05, 3.63) is 39.9 Å². The van der Waals surface area contributed by atoms with Gasteiger partial charge in [0.05, 0.1) is 0 Å². The summed E-state index contributed by atoms with van der Waals surface area (Å²) >= 11 is 0. The molecule has 1 aromatic carbocycles. The monoisotopic (exact) mass is 168 g/mol. The summed E-state index contributed by atoms with van der Waals surface area (Å²) < 4.78 is 0. The third-order valence-corrected chi connectivity index (χ3v) is 1.38. The van der Waals surface area contributed by atoms with Crippen LogP contribution in [0.3, 0.4) is 0 Å². The predicted molar refractivity (Wildman–Crippen MR) is 42.6 cm³/mol. The van der Waals surface area contributed by atoms with E-state index in [0.717, 1.165) is 0 Å². The van der Waals surface area contributed by atoms with Gasteiger partial charge in [-0.2, -0.15) is 0 Å². The van der Waals surface area contributed by atoms with Gasteiger partial charge in [0.15, 0.2) is 0 Å². The van der Waals surface area contributed by atoms with Gasteiger partial charge in [-0.1, -0.05) is 18.2 Å². The fourth-order valence-electron chi connectivity index (χ4n) is 0.788. The second-order valence-electron chi connectivity index (χ2n) is 2.20. The number of nitrogen functional groups attached to an aromatic ring is 1. The van der Waals surface area contributed by atoms with Crippen molar-refractivity contribution in [1.82, 2.24) is 0 Å². The topological polar surface area (TPSA) is 78.4 Å². The molecular weight excluding hydrogens is 160 g/mol. The minimum absolute atomic E-state index is 0.0975. The highest BCUT2D eigenvalue weighted by molar-refractivity contribution is 5.45. The van der Waals surface area contributed by atoms with Crippen LogP contribution < -0.4 is 5.73 Å². The third kappa shape index (κ3) is 2.12. The first-order chi connectivity index (χ1) is 5.70. The molecule has 0 atom stereocenters. The number of rotatable bonds is 3. The van der Waals surface area contributed by atoms with Gasteiger partial charge in [0, 0.05) is 11.3 Å². The number of anilines is 1. The molecule has 0 fully saturated rings. The van der Waals surface area contributed by atoms with Crippen LogP contribution in [-0.2, 0) is 11.4 Å². The van der Waals surface area contributed by atoms with Gasteiger partial charge in [-0.25, -0.2) is 0 Å². The molecule has 1 rings (SSSR count). The molecule has 0 amide bonds. The summed E-state index contributed by atoms with van der Waals surface area (Å²) in [6.45, 7) is -0.0975. The molecule has 0 saturated heterocycles. The van der Waals surface area contributed by atoms with Gasteiger partial charge in [0.1, 0.15) is 6.61 Å². The van der Waals surface area contributed by atoms with E-state index in [0.29, 0.717) is 11.3 Å². The van der Waals surface area contributed by atoms with E-state index in [1.54, 1.807) is 24.3 Å². The third-order valence-electron chi connectivity index (χ3n) is 1.38. The molecule has 0 radical (unpaired) electrons. The molecule has 64 valence electrons. The van der Waals surface area contributed by atoms with Gasteiger partial charge in [0.25, 0.3) is 5.09 Å². The van der Waals surface area contributed by atoms with Gasteiger partial charge in [0.2, 0.25) is 0 Å². The molecule has 0 bridgehead atoms. The SMILES string of the molecule is Nc1ccccc1CO[N+](=O)[O-]. The number of para-hydroxylation sites is 1. The average Bonchev–Trinajstić information content (AvgIpc) is 2.03. The fraction of sp³-hybridized carbons (Fsp3) is 0.143. The van der Waals surface area contributed by atoms with Crippen LogP contribution in [0.4, 0.5) is 5.69 Å². The summed E-state index contributed by atoms with van der Waals surface area (Å²) in [6, 6.07) is 6.84. The van der Waals surface area contributed by atoms with E-state index < -0.39 is 5.09 Å². The van der Waals surface area contributed by atoms with E-state index in [9.17, 15) is 10.1 Å². The Morgan fingerprint density at radius 3 is 2.75 bits per heavy atom. The zero-order valence-corrected chi connectivity index (χ0v) is 6.27. The molecule has 0 unspecified atom stereocenters. The first kappa shape index (κ1) is 8.32. The maximum atomic E-state index is 9.83. The quantitative estimate of drug-likeness (QED) is 0.414. The molecule has 0 heterocycles. The van der Waals surface area contributed by atoms with E-state index in [1.807, 2.05) is 0 Å². The number of nitrogens with two attached hydrogens (primary N) is 1. The van der Waals surface area contributed by atoms with E-state index >= 15 is 0 Å². The lowest BCUT2D eigenvalue weighted by atomic mass is 10.2. The van der Waals surface area contributed by atoms with Crippen LogP contribution in [0.1, 0.15) is 5.56 Å². The van der Waals surface area contributed by atoms with Gasteiger partial charge < -0.3 is 10.6 Å². The highest BCUT2D eigenvalue weighted by atomic mass is 16.9. The normalized spacial score (nSPS) is 9.33. The van der Waals surface area contributed by atoms with Crippen LogP contribution in [0.2, 0.25) is 0 Å². The van der Waals surface area contributed by atoms with Crippen LogP contribution in [0.25, 0.3) is 0 Å². The summed E-state index contributed by atoms with van der Waals surface area (Å²) in [4.78, 5) is 14.0. The van der Waals surface area contributed by atoms with Crippen molar-refractivity contribution >= 4 is 5.69 Å². The Morgan fingerprint density at radius 2 is 2.17 bits per heavy atom. The molecule has 5 heteroatoms. The Balaban J connectivity index is 2.63. The largest absolute Gasteiger partial charge is 0.398 e. The molecule has 0 saturated carbocycles. The molecule has 0 spiro atoms. The summed E-state index contributed by atoms with van der Waals surface area (Å²) in [5.41, 5.74) is 6.62. The van der Waals surface area contributed by atoms with E-state index in [-0.39, 0.29) is 6.61 Å². The fourth-order valence-corrected chi connectivity index (χ4v) is 0.788. The van der Waals surface area contributed by atoms with Crippen molar-refractivity contribution in [3.63, 3.8) is 0 Å². The van der Waals surface area contributed by atoms with Gasteiger partial charge in [-0.15, -0.1) is 10.1 Å². The number of hydrogen-bond acceptors (Lipinski definition) is 4. The molecule has 0 aromatic heterocycles. The van der Waals surface area contributed by atoms with Crippen molar-refractivity contribution < 1.29 is 9.92 Å². The molecule has 0 aliphatic heterocycles. The van der Waals surface area contributed by atoms with Gasteiger partial charge >= 0.3 is 0 Å². The minimum atomic E-state index is -0.841. The zero-order chi connectivity index (χ0) is 8.97. The number of hydrogen-bond donors (Lipinski definition) is 1. The molecule has 12 heavy (non-hydrogen) atoms. The van der Waals surface area contributed by atoms with Crippen molar-refractivity contribution in [2.45, 2.75) is 6.61 Å². The van der Waals surface area contributed by atoms with Crippen molar-refractivity contribution in [2.24, 2.45) is 0 Å². The zero-order valence-electron chi connectivity index (χ0n) is 6.27. The highest BCUT2D eigenvalue weighted by Crippen LogP contribution is 2.10. The Bertz CT molecular complexity index is 288. The molecular formula is C7H8N2O3. The van der Waals surface area contributed by atoms with Gasteiger partial charge in [-0.3, -0.25) is 0 Å². The van der Waals surface area contributed by atoms with Crippen molar-refractivity contribution in [3.8, 4) is 0 Å². The molecule has 0 aliphatic rings. The van der Waals surface area contributed by atoms with Gasteiger partial charge in [-0.05, 0) is 6.07 Å². The summed E-state index contributed by atoms with van der Waals surface area (Å²) in [7, 11) is 0. The maximum absolute atomic E-state index is 9.83. The Morgan fingerprint density at radius 1 is 1.50 bits per heavy atom. The standard InChI is InChI=1S/C7H8N2O3/c8-7-4-2-1-3-6(7)5-12-9(10)11/h1-4H,5,8H2. The Labute approximate surface area is 68.9 Å². The van der Waals surface area contributed by atoms with E-state index in [4.69, 9.17) is 5.73 Å². The summed E-state index contributed by atoms with van der Waals surface area (Å²) in [5, 5.41) is 8.99. The van der Waals surface area contributed by atoms with Crippen molar-refractivity contribution in [2.75, 3.05) is 5.73 Å². The van der Waals surface area contributed by atoms with Crippen molar-refractivity contribution in [1.29, 1.82) is 0 Å². The number of nitrogens with zero attached hydrogens (tertiary/aromatic N) is 1. The molecule has 1 aromatic rings. The predicted octanol–water partition coefficient (Wildman–Crippen LogP) is 0.977. The second-order valence-corrected chi connectivity index (χ2v) is 2.20. The second kappa shape index (κ2) is 3.56. The molecule has 2 N–H and O–H groups in total. The number of benzene rings is 1. The Kier molecular flexibility index (Phi) is 2.47. The van der Waals surface area contributed by atoms with Crippen LogP contribution in [-0.4, -0.2) is 5.09 Å². The average molecular weight is 168 g/mol. The first-order valence-electron chi connectivity index (χ1n) is 3.31. The maximum Gasteiger partial charge on any atom is 0.294 e. The lowest BCUT2D eigenvalue weighted by Crippen LogP contribution is -2.02. The highest BCUT2D eigenvalue weighted by Gasteiger charge is 1.99. The van der Waals surface area contributed by atoms with E-state index in [2.05, 4.69) is 4.84 Å². The van der Waals surface area contributed by atoms with Crippen LogP contribution >= 0.6 is 0 Å².